The van der Waals surface area contributed by atoms with Gasteiger partial charge in [-0.3, -0.25) is 4.55 Å². The van der Waals surface area contributed by atoms with Crippen LogP contribution in [0.4, 0.5) is 0 Å². The molecule has 0 aliphatic heterocycles. The summed E-state index contributed by atoms with van der Waals surface area (Å²) in [6, 6.07) is 0. The topological polar surface area (TPSA) is 80.2 Å². The third-order valence-corrected chi connectivity index (χ3v) is 0.715. The van der Waals surface area contributed by atoms with Crippen molar-refractivity contribution in [2.75, 3.05) is 6.26 Å². The van der Waals surface area contributed by atoms with E-state index in [0.717, 1.165) is 0 Å². The van der Waals surface area contributed by atoms with Crippen LogP contribution in [0.5, 0.6) is 0 Å². The Morgan fingerprint density at radius 2 is 2.10 bits per heavy atom. The van der Waals surface area contributed by atoms with Crippen molar-refractivity contribution in [2.45, 2.75) is 0 Å². The minimum atomic E-state index is -3.67. The third-order valence-electron chi connectivity index (χ3n) is 0.283. The summed E-state index contributed by atoms with van der Waals surface area (Å²) in [5, 5.41) is 5.31. The molecule has 0 saturated carbocycles. The smallest absolute Gasteiger partial charge is 0.261 e. The SMILES string of the molecule is CS(=O)(=O)O.c1csnn1. The molecule has 0 aliphatic rings. The first-order valence-electron chi connectivity index (χ1n) is 2.13. The number of aromatic nitrogens is 2. The van der Waals surface area contributed by atoms with Crippen molar-refractivity contribution in [1.82, 2.24) is 9.59 Å². The van der Waals surface area contributed by atoms with Gasteiger partial charge in [0, 0.05) is 5.38 Å². The average molecular weight is 182 g/mol. The van der Waals surface area contributed by atoms with E-state index in [0.29, 0.717) is 6.26 Å². The van der Waals surface area contributed by atoms with Gasteiger partial charge in [0.05, 0.1) is 12.5 Å². The molecule has 0 bridgehead atoms. The van der Waals surface area contributed by atoms with Crippen LogP contribution < -0.4 is 0 Å². The molecule has 0 saturated heterocycles. The highest BCUT2D eigenvalue weighted by Gasteiger charge is 1.81. The van der Waals surface area contributed by atoms with Crippen molar-refractivity contribution in [1.29, 1.82) is 0 Å². The molecule has 0 aromatic carbocycles. The van der Waals surface area contributed by atoms with Gasteiger partial charge in [-0.2, -0.15) is 8.42 Å². The molecule has 0 radical (unpaired) electrons. The van der Waals surface area contributed by atoms with Crippen molar-refractivity contribution >= 4 is 21.7 Å². The first-order valence-corrected chi connectivity index (χ1v) is 4.82. The second-order valence-electron chi connectivity index (χ2n) is 1.32. The van der Waals surface area contributed by atoms with Gasteiger partial charge in [-0.1, -0.05) is 4.49 Å². The first-order chi connectivity index (χ1) is 4.50. The van der Waals surface area contributed by atoms with Gasteiger partial charge in [0.2, 0.25) is 0 Å². The predicted octanol–water partition coefficient (Wildman–Crippen LogP) is 0.0421. The van der Waals surface area contributed by atoms with Gasteiger partial charge in [-0.25, -0.2) is 0 Å². The fourth-order valence-electron chi connectivity index (χ4n) is 0.136. The molecule has 58 valence electrons. The largest absolute Gasteiger partial charge is 0.286 e. The highest BCUT2D eigenvalue weighted by atomic mass is 32.2. The number of nitrogens with zero attached hydrogens (tertiary/aromatic N) is 2. The molecule has 5 nitrogen and oxygen atoms in total. The highest BCUT2D eigenvalue weighted by Crippen LogP contribution is 1.78. The maximum Gasteiger partial charge on any atom is 0.261 e. The standard InChI is InChI=1S/C2H2N2S.CH4O3S/c1-2-5-4-3-1;1-5(2,3)4/h1-2H;1H3,(H,2,3,4). The van der Waals surface area contributed by atoms with Gasteiger partial charge in [0.1, 0.15) is 0 Å². The average Bonchev–Trinajstić information content (AvgIpc) is 2.07. The molecule has 0 spiro atoms. The van der Waals surface area contributed by atoms with E-state index in [-0.39, 0.29) is 0 Å². The van der Waals surface area contributed by atoms with Crippen LogP contribution in [-0.4, -0.2) is 28.8 Å². The van der Waals surface area contributed by atoms with E-state index in [1.165, 1.54) is 11.5 Å². The molecule has 1 N–H and O–H groups in total. The predicted molar refractivity (Wildman–Crippen MR) is 37.4 cm³/mol. The van der Waals surface area contributed by atoms with Crippen molar-refractivity contribution in [3.05, 3.63) is 11.6 Å². The van der Waals surface area contributed by atoms with Crippen molar-refractivity contribution in [3.8, 4) is 0 Å². The molecule has 1 aromatic rings. The van der Waals surface area contributed by atoms with E-state index in [1.54, 1.807) is 6.20 Å². The molecular weight excluding hydrogens is 176 g/mol. The Bertz CT molecular complexity index is 216. The van der Waals surface area contributed by atoms with Crippen LogP contribution >= 0.6 is 11.5 Å². The zero-order valence-electron chi connectivity index (χ0n) is 5.13. The minimum Gasteiger partial charge on any atom is -0.286 e. The summed E-state index contributed by atoms with van der Waals surface area (Å²) in [4.78, 5) is 0. The normalized spacial score (nSPS) is 9.80. The maximum absolute atomic E-state index is 9.19. The summed E-state index contributed by atoms with van der Waals surface area (Å²) >= 11 is 1.35. The fourth-order valence-corrected chi connectivity index (χ4v) is 0.408. The van der Waals surface area contributed by atoms with Crippen molar-refractivity contribution in [3.63, 3.8) is 0 Å². The lowest BCUT2D eigenvalue weighted by atomic mass is 11.1. The Balaban J connectivity index is 0.000000162. The lowest BCUT2D eigenvalue weighted by molar-refractivity contribution is 0.490. The van der Waals surface area contributed by atoms with Gasteiger partial charge in [-0.05, 0) is 11.5 Å². The first kappa shape index (κ1) is 9.47. The number of rotatable bonds is 0. The fraction of sp³-hybridized carbons (Fsp3) is 0.333. The van der Waals surface area contributed by atoms with E-state index in [2.05, 4.69) is 9.59 Å². The Labute approximate surface area is 62.6 Å². The van der Waals surface area contributed by atoms with E-state index < -0.39 is 10.1 Å². The highest BCUT2D eigenvalue weighted by molar-refractivity contribution is 7.85. The zero-order valence-corrected chi connectivity index (χ0v) is 6.76. The van der Waals surface area contributed by atoms with Gasteiger partial charge in [0.15, 0.2) is 0 Å². The second-order valence-corrected chi connectivity index (χ2v) is 3.43. The molecule has 0 fully saturated rings. The third kappa shape index (κ3) is 15.6. The quantitative estimate of drug-likeness (QED) is 0.573. The van der Waals surface area contributed by atoms with Gasteiger partial charge < -0.3 is 0 Å². The summed E-state index contributed by atoms with van der Waals surface area (Å²) in [5.74, 6) is 0. The van der Waals surface area contributed by atoms with Crippen LogP contribution in [0.2, 0.25) is 0 Å². The Morgan fingerprint density at radius 1 is 1.60 bits per heavy atom. The van der Waals surface area contributed by atoms with Crippen molar-refractivity contribution in [2.24, 2.45) is 0 Å². The molecule has 1 rings (SSSR count). The van der Waals surface area contributed by atoms with Crippen LogP contribution in [0.3, 0.4) is 0 Å². The van der Waals surface area contributed by atoms with E-state index in [4.69, 9.17) is 4.55 Å². The van der Waals surface area contributed by atoms with E-state index >= 15 is 0 Å². The van der Waals surface area contributed by atoms with Crippen LogP contribution in [0, 0.1) is 0 Å². The second kappa shape index (κ2) is 4.31. The van der Waals surface area contributed by atoms with Crippen LogP contribution in [0.25, 0.3) is 0 Å². The van der Waals surface area contributed by atoms with Crippen molar-refractivity contribution < 1.29 is 13.0 Å². The Hall–Kier alpha value is -0.530. The number of hydrogen-bond acceptors (Lipinski definition) is 5. The molecule has 1 aromatic heterocycles. The maximum atomic E-state index is 9.19. The van der Waals surface area contributed by atoms with Gasteiger partial charge in [-0.15, -0.1) is 5.10 Å². The minimum absolute atomic E-state index is 0.715. The molecular formula is C3H6N2O3S2. The van der Waals surface area contributed by atoms with Gasteiger partial charge >= 0.3 is 0 Å². The van der Waals surface area contributed by atoms with Crippen LogP contribution in [0.15, 0.2) is 11.6 Å². The lowest BCUT2D eigenvalue weighted by Crippen LogP contribution is -1.88. The molecule has 0 unspecified atom stereocenters. The Morgan fingerprint density at radius 3 is 2.20 bits per heavy atom. The molecule has 7 heteroatoms. The summed E-state index contributed by atoms with van der Waals surface area (Å²) in [6.45, 7) is 0. The Kier molecular flexibility index (Phi) is 4.08. The van der Waals surface area contributed by atoms with Crippen LogP contribution in [0.1, 0.15) is 0 Å². The number of hydrogen-bond donors (Lipinski definition) is 1. The van der Waals surface area contributed by atoms with Crippen LogP contribution in [-0.2, 0) is 10.1 Å². The van der Waals surface area contributed by atoms with E-state index in [1.807, 2.05) is 5.38 Å². The van der Waals surface area contributed by atoms with Gasteiger partial charge in [0.25, 0.3) is 10.1 Å². The molecule has 1 heterocycles. The molecule has 10 heavy (non-hydrogen) atoms. The monoisotopic (exact) mass is 182 g/mol. The zero-order chi connectivity index (χ0) is 8.04. The molecule has 0 atom stereocenters. The summed E-state index contributed by atoms with van der Waals surface area (Å²) in [6.07, 6.45) is 2.37. The lowest BCUT2D eigenvalue weighted by Gasteiger charge is -1.69. The summed E-state index contributed by atoms with van der Waals surface area (Å²) < 4.78 is 29.4. The molecule has 0 amide bonds. The van der Waals surface area contributed by atoms with E-state index in [9.17, 15) is 8.42 Å². The summed E-state index contributed by atoms with van der Waals surface area (Å²) in [5.41, 5.74) is 0. The summed E-state index contributed by atoms with van der Waals surface area (Å²) in [7, 11) is -3.67. The molecule has 0 aliphatic carbocycles.